The summed E-state index contributed by atoms with van der Waals surface area (Å²) < 4.78 is 0. The van der Waals surface area contributed by atoms with Crippen LogP contribution in [-0.2, 0) is 0 Å². The largest absolute Gasteiger partial charge is 0.324 e. The van der Waals surface area contributed by atoms with Crippen molar-refractivity contribution in [2.75, 3.05) is 0 Å². The van der Waals surface area contributed by atoms with Crippen LogP contribution >= 0.6 is 0 Å². The minimum Gasteiger partial charge on any atom is -0.324 e. The van der Waals surface area contributed by atoms with Crippen LogP contribution in [0.3, 0.4) is 0 Å². The molecule has 1 unspecified atom stereocenters. The van der Waals surface area contributed by atoms with Crippen molar-refractivity contribution >= 4 is 0 Å². The lowest BCUT2D eigenvalue weighted by Gasteiger charge is -2.27. The predicted molar refractivity (Wildman–Crippen MR) is 55.8 cm³/mol. The van der Waals surface area contributed by atoms with E-state index in [2.05, 4.69) is 32.0 Å². The number of benzene rings is 1. The molecule has 0 bridgehead atoms. The van der Waals surface area contributed by atoms with Gasteiger partial charge in [-0.2, -0.15) is 0 Å². The van der Waals surface area contributed by atoms with E-state index >= 15 is 0 Å². The SMILES string of the molecule is Cc1ccc2c(c1)[C@@H](N)CCC2C. The summed E-state index contributed by atoms with van der Waals surface area (Å²) >= 11 is 0. The van der Waals surface area contributed by atoms with Gasteiger partial charge in [-0.25, -0.2) is 0 Å². The third-order valence-electron chi connectivity index (χ3n) is 3.08. The first-order valence-electron chi connectivity index (χ1n) is 5.04. The van der Waals surface area contributed by atoms with Gasteiger partial charge >= 0.3 is 0 Å². The fourth-order valence-corrected chi connectivity index (χ4v) is 2.20. The van der Waals surface area contributed by atoms with E-state index in [4.69, 9.17) is 5.73 Å². The third-order valence-corrected chi connectivity index (χ3v) is 3.08. The lowest BCUT2D eigenvalue weighted by molar-refractivity contribution is 0.513. The van der Waals surface area contributed by atoms with E-state index in [1.165, 1.54) is 23.1 Å². The Kier molecular flexibility index (Phi) is 2.12. The van der Waals surface area contributed by atoms with Crippen molar-refractivity contribution in [3.63, 3.8) is 0 Å². The molecule has 0 saturated heterocycles. The van der Waals surface area contributed by atoms with Crippen molar-refractivity contribution in [3.05, 3.63) is 34.9 Å². The van der Waals surface area contributed by atoms with Gasteiger partial charge in [0, 0.05) is 6.04 Å². The van der Waals surface area contributed by atoms with Crippen molar-refractivity contribution in [1.82, 2.24) is 0 Å². The van der Waals surface area contributed by atoms with Gasteiger partial charge in [0.1, 0.15) is 0 Å². The van der Waals surface area contributed by atoms with Crippen molar-refractivity contribution in [2.24, 2.45) is 5.73 Å². The summed E-state index contributed by atoms with van der Waals surface area (Å²) in [4.78, 5) is 0. The van der Waals surface area contributed by atoms with Crippen LogP contribution in [-0.4, -0.2) is 0 Å². The standard InChI is InChI=1S/C12H17N/c1-8-3-5-10-9(2)4-6-12(13)11(10)7-8/h3,5,7,9,12H,4,6,13H2,1-2H3/t9?,12-/m0/s1. The van der Waals surface area contributed by atoms with Gasteiger partial charge in [0.2, 0.25) is 0 Å². The number of hydrogen-bond donors (Lipinski definition) is 1. The molecule has 0 spiro atoms. The molecule has 0 amide bonds. The van der Waals surface area contributed by atoms with E-state index in [0.717, 1.165) is 6.42 Å². The van der Waals surface area contributed by atoms with E-state index in [0.29, 0.717) is 5.92 Å². The predicted octanol–water partition coefficient (Wildman–Crippen LogP) is 2.89. The number of aryl methyl sites for hydroxylation is 1. The van der Waals surface area contributed by atoms with E-state index < -0.39 is 0 Å². The number of hydrogen-bond acceptors (Lipinski definition) is 1. The smallest absolute Gasteiger partial charge is 0.0297 e. The minimum atomic E-state index is 0.270. The van der Waals surface area contributed by atoms with Gasteiger partial charge in [0.05, 0.1) is 0 Å². The molecule has 0 aliphatic heterocycles. The minimum absolute atomic E-state index is 0.270. The molecule has 2 N–H and O–H groups in total. The molecular weight excluding hydrogens is 158 g/mol. The summed E-state index contributed by atoms with van der Waals surface area (Å²) in [6.45, 7) is 4.42. The highest BCUT2D eigenvalue weighted by molar-refractivity contribution is 5.37. The van der Waals surface area contributed by atoms with Crippen molar-refractivity contribution in [3.8, 4) is 0 Å². The number of fused-ring (bicyclic) bond motifs is 1. The first-order chi connectivity index (χ1) is 6.18. The molecule has 1 aliphatic rings. The molecule has 1 nitrogen and oxygen atoms in total. The number of rotatable bonds is 0. The Hall–Kier alpha value is -0.820. The molecule has 1 aromatic carbocycles. The maximum absolute atomic E-state index is 6.08. The monoisotopic (exact) mass is 175 g/mol. The van der Waals surface area contributed by atoms with Crippen LogP contribution in [0.5, 0.6) is 0 Å². The van der Waals surface area contributed by atoms with Gasteiger partial charge in [-0.3, -0.25) is 0 Å². The van der Waals surface area contributed by atoms with Crippen molar-refractivity contribution in [2.45, 2.75) is 38.6 Å². The van der Waals surface area contributed by atoms with Gasteiger partial charge in [-0.15, -0.1) is 0 Å². The van der Waals surface area contributed by atoms with Crippen molar-refractivity contribution in [1.29, 1.82) is 0 Å². The van der Waals surface area contributed by atoms with E-state index in [9.17, 15) is 0 Å². The zero-order chi connectivity index (χ0) is 9.42. The maximum Gasteiger partial charge on any atom is 0.0297 e. The van der Waals surface area contributed by atoms with Crippen molar-refractivity contribution < 1.29 is 0 Å². The van der Waals surface area contributed by atoms with E-state index in [-0.39, 0.29) is 6.04 Å². The summed E-state index contributed by atoms with van der Waals surface area (Å²) in [5, 5.41) is 0. The van der Waals surface area contributed by atoms with Crippen LogP contribution in [0.1, 0.15) is 48.4 Å². The van der Waals surface area contributed by atoms with Gasteiger partial charge in [-0.05, 0) is 36.8 Å². The third kappa shape index (κ3) is 1.49. The lowest BCUT2D eigenvalue weighted by Crippen LogP contribution is -2.19. The first-order valence-corrected chi connectivity index (χ1v) is 5.04. The highest BCUT2D eigenvalue weighted by Crippen LogP contribution is 2.36. The topological polar surface area (TPSA) is 26.0 Å². The van der Waals surface area contributed by atoms with E-state index in [1.807, 2.05) is 0 Å². The zero-order valence-corrected chi connectivity index (χ0v) is 8.38. The zero-order valence-electron chi connectivity index (χ0n) is 8.38. The van der Waals surface area contributed by atoms with Crippen LogP contribution < -0.4 is 5.73 Å². The molecule has 1 heteroatoms. The van der Waals surface area contributed by atoms with Crippen LogP contribution in [0.2, 0.25) is 0 Å². The van der Waals surface area contributed by atoms with Gasteiger partial charge in [0.25, 0.3) is 0 Å². The Bertz CT molecular complexity index is 317. The summed E-state index contributed by atoms with van der Waals surface area (Å²) in [5.41, 5.74) is 10.2. The summed E-state index contributed by atoms with van der Waals surface area (Å²) in [6.07, 6.45) is 2.37. The Balaban J connectivity index is 2.50. The highest BCUT2D eigenvalue weighted by Gasteiger charge is 2.21. The molecule has 0 radical (unpaired) electrons. The molecule has 0 saturated carbocycles. The lowest BCUT2D eigenvalue weighted by atomic mass is 9.81. The average molecular weight is 175 g/mol. The summed E-state index contributed by atoms with van der Waals surface area (Å²) in [6, 6.07) is 6.95. The Labute approximate surface area is 80.0 Å². The van der Waals surface area contributed by atoms with Gasteiger partial charge < -0.3 is 5.73 Å². The molecule has 0 heterocycles. The molecule has 1 aromatic rings. The van der Waals surface area contributed by atoms with Crippen LogP contribution in [0.15, 0.2) is 18.2 Å². The molecule has 2 atom stereocenters. The number of nitrogens with two attached hydrogens (primary N) is 1. The Morgan fingerprint density at radius 2 is 2.00 bits per heavy atom. The van der Waals surface area contributed by atoms with Crippen LogP contribution in [0.25, 0.3) is 0 Å². The fraction of sp³-hybridized carbons (Fsp3) is 0.500. The molecule has 0 fully saturated rings. The fourth-order valence-electron chi connectivity index (χ4n) is 2.20. The Morgan fingerprint density at radius 1 is 1.23 bits per heavy atom. The second kappa shape index (κ2) is 3.15. The Morgan fingerprint density at radius 3 is 2.77 bits per heavy atom. The second-order valence-electron chi connectivity index (χ2n) is 4.22. The summed E-state index contributed by atoms with van der Waals surface area (Å²) in [5.74, 6) is 0.690. The quantitative estimate of drug-likeness (QED) is 0.644. The second-order valence-corrected chi connectivity index (χ2v) is 4.22. The van der Waals surface area contributed by atoms with Crippen LogP contribution in [0.4, 0.5) is 0 Å². The average Bonchev–Trinajstić information content (AvgIpc) is 2.12. The van der Waals surface area contributed by atoms with E-state index in [1.54, 1.807) is 0 Å². The molecule has 13 heavy (non-hydrogen) atoms. The molecular formula is C12H17N. The first kappa shape index (κ1) is 8.76. The molecule has 0 aromatic heterocycles. The van der Waals surface area contributed by atoms with Gasteiger partial charge in [-0.1, -0.05) is 30.7 Å². The molecule has 70 valence electrons. The van der Waals surface area contributed by atoms with Gasteiger partial charge in [0.15, 0.2) is 0 Å². The van der Waals surface area contributed by atoms with Crippen LogP contribution in [0, 0.1) is 6.92 Å². The summed E-state index contributed by atoms with van der Waals surface area (Å²) in [7, 11) is 0. The highest BCUT2D eigenvalue weighted by atomic mass is 14.6. The maximum atomic E-state index is 6.08. The molecule has 1 aliphatic carbocycles. The molecule has 2 rings (SSSR count). The normalized spacial score (nSPS) is 27.0.